The maximum absolute atomic E-state index is 12.4. The molecule has 54 heavy (non-hydrogen) atoms. The number of hydrogen-bond donors (Lipinski definition) is 1. The molecule has 0 fully saturated rings. The minimum Gasteiger partial charge on any atom is -0.508 e. The lowest BCUT2D eigenvalue weighted by molar-refractivity contribution is -0.110. The molecule has 6 nitrogen and oxygen atoms in total. The molecule has 9 rings (SSSR count). The number of rotatable bonds is 6. The summed E-state index contributed by atoms with van der Waals surface area (Å²) in [6, 6.07) is 51.6. The quantitative estimate of drug-likeness (QED) is 0.195. The van der Waals surface area contributed by atoms with Gasteiger partial charge < -0.3 is 5.11 Å². The van der Waals surface area contributed by atoms with Gasteiger partial charge in [0.05, 0.1) is 17.0 Å². The minimum atomic E-state index is -0.0806. The molecule has 6 aromatic rings. The zero-order valence-corrected chi connectivity index (χ0v) is 29.0. The molecule has 6 aromatic carbocycles. The molecular weight excluding hydrogens is 665 g/mol. The number of phenols is 1. The second-order valence-corrected chi connectivity index (χ2v) is 13.0. The average molecular weight is 696 g/mol. The van der Waals surface area contributed by atoms with E-state index in [0.717, 1.165) is 77.8 Å². The summed E-state index contributed by atoms with van der Waals surface area (Å²) in [6.45, 7) is 0. The summed E-state index contributed by atoms with van der Waals surface area (Å²) in [5.74, 6) is 1.17. The molecule has 0 unspecified atom stereocenters. The topological polar surface area (TPSA) is 88.5 Å². The molecule has 0 saturated carbocycles. The molecule has 2 aliphatic heterocycles. The maximum atomic E-state index is 12.4. The van der Waals surface area contributed by atoms with Crippen LogP contribution in [-0.4, -0.2) is 39.6 Å². The van der Waals surface area contributed by atoms with Gasteiger partial charge in [0.2, 0.25) is 5.71 Å². The smallest absolute Gasteiger partial charge is 0.424 e. The highest BCUT2D eigenvalue weighted by molar-refractivity contribution is 6.57. The van der Waals surface area contributed by atoms with E-state index in [1.807, 2.05) is 146 Å². The summed E-state index contributed by atoms with van der Waals surface area (Å²) in [4.78, 5) is 28.1. The van der Waals surface area contributed by atoms with Crippen LogP contribution < -0.4 is 15.1 Å². The number of amidine groups is 1. The zero-order chi connectivity index (χ0) is 36.4. The fourth-order valence-electron chi connectivity index (χ4n) is 6.84. The molecule has 1 aliphatic carbocycles. The minimum absolute atomic E-state index is 0.0806. The fraction of sp³-hybridized carbons (Fsp3) is 0. The van der Waals surface area contributed by atoms with Crippen molar-refractivity contribution in [3.05, 3.63) is 220 Å². The van der Waals surface area contributed by atoms with Crippen LogP contribution in [0.4, 0.5) is 0 Å². The Hall–Kier alpha value is -7.53. The molecule has 6 heteroatoms. The van der Waals surface area contributed by atoms with Gasteiger partial charge >= 0.3 is 5.84 Å². The lowest BCUT2D eigenvalue weighted by Gasteiger charge is -2.09. The van der Waals surface area contributed by atoms with Crippen molar-refractivity contribution in [1.29, 1.82) is 0 Å². The summed E-state index contributed by atoms with van der Waals surface area (Å²) >= 11 is 0. The van der Waals surface area contributed by atoms with Gasteiger partial charge in [0.25, 0.3) is 5.71 Å². The highest BCUT2D eigenvalue weighted by atomic mass is 16.3. The van der Waals surface area contributed by atoms with Crippen molar-refractivity contribution < 1.29 is 9.90 Å². The van der Waals surface area contributed by atoms with Gasteiger partial charge in [-0.2, -0.15) is 4.67 Å². The fourth-order valence-corrected chi connectivity index (χ4v) is 6.84. The largest absolute Gasteiger partial charge is 0.508 e. The molecule has 0 aromatic heterocycles. The van der Waals surface area contributed by atoms with E-state index in [9.17, 15) is 9.90 Å². The van der Waals surface area contributed by atoms with Crippen LogP contribution >= 0.6 is 0 Å². The van der Waals surface area contributed by atoms with Crippen LogP contribution in [0.1, 0.15) is 27.8 Å². The summed E-state index contributed by atoms with van der Waals surface area (Å²) in [5, 5.41) is 11.9. The van der Waals surface area contributed by atoms with Crippen LogP contribution in [0.15, 0.2) is 197 Å². The first-order valence-corrected chi connectivity index (χ1v) is 17.7. The average Bonchev–Trinajstić information content (AvgIpc) is 3.89. The van der Waals surface area contributed by atoms with E-state index in [2.05, 4.69) is 12.1 Å². The third kappa shape index (κ3) is 6.19. The number of carbonyl (C=O) groups is 1. The number of carbonyl (C=O) groups excluding carboxylic acids is 1. The molecule has 0 radical (unpaired) electrons. The normalized spacial score (nSPS) is 14.8. The predicted molar refractivity (Wildman–Crippen MR) is 219 cm³/mol. The number of ketones is 1. The van der Waals surface area contributed by atoms with Gasteiger partial charge in [-0.3, -0.25) is 4.79 Å². The van der Waals surface area contributed by atoms with Gasteiger partial charge in [0, 0.05) is 27.5 Å². The molecule has 254 valence electrons. The van der Waals surface area contributed by atoms with E-state index in [-0.39, 0.29) is 11.5 Å². The molecule has 0 saturated heterocycles. The molecule has 0 spiro atoms. The van der Waals surface area contributed by atoms with Crippen LogP contribution in [0.5, 0.6) is 5.75 Å². The molecular formula is C48H31N4O2+. The van der Waals surface area contributed by atoms with Crippen molar-refractivity contribution in [2.45, 2.75) is 0 Å². The molecule has 1 N–H and O–H groups in total. The molecule has 2 heterocycles. The Bertz CT molecular complexity index is 2750. The Morgan fingerprint density at radius 2 is 0.926 bits per heavy atom. The van der Waals surface area contributed by atoms with Crippen molar-refractivity contribution in [3.63, 3.8) is 0 Å². The summed E-state index contributed by atoms with van der Waals surface area (Å²) in [6.07, 6.45) is 6.81. The van der Waals surface area contributed by atoms with Gasteiger partial charge in [-0.05, 0) is 75.5 Å². The second-order valence-electron chi connectivity index (χ2n) is 13.0. The SMILES string of the molecule is O=C1C=CC(=c2cc(C3=[N+]=C(c4ccccc4)C(c4ccccc4)=N3)c(-c3ccc(O)cc3)cc2=C2N=C(c3ccccc3)C(c3ccccc3)=N2)C=C1. The van der Waals surface area contributed by atoms with Crippen LogP contribution in [0.2, 0.25) is 0 Å². The molecule has 3 aliphatic rings. The summed E-state index contributed by atoms with van der Waals surface area (Å²) in [5.41, 5.74) is 10.2. The maximum Gasteiger partial charge on any atom is 0.424 e. The number of aliphatic imine (C=N–C) groups is 3. The van der Waals surface area contributed by atoms with E-state index in [1.165, 1.54) is 0 Å². The van der Waals surface area contributed by atoms with Crippen molar-refractivity contribution in [2.24, 2.45) is 15.0 Å². The number of phenolic OH excluding ortho intramolecular Hbond substituents is 1. The Labute approximate surface area is 311 Å². The first kappa shape index (κ1) is 32.4. The molecule has 0 amide bonds. The van der Waals surface area contributed by atoms with Gasteiger partial charge in [-0.1, -0.05) is 133 Å². The lowest BCUT2D eigenvalue weighted by Crippen LogP contribution is -2.30. The van der Waals surface area contributed by atoms with Gasteiger partial charge in [-0.25, -0.2) is 9.98 Å². The Balaban J connectivity index is 1.39. The van der Waals surface area contributed by atoms with Crippen molar-refractivity contribution in [2.75, 3.05) is 0 Å². The Kier molecular flexibility index (Phi) is 8.33. The first-order valence-electron chi connectivity index (χ1n) is 17.7. The highest BCUT2D eigenvalue weighted by Gasteiger charge is 2.34. The molecule has 0 bridgehead atoms. The number of allylic oxidation sites excluding steroid dienone is 4. The van der Waals surface area contributed by atoms with Crippen LogP contribution in [0, 0.1) is 0 Å². The first-order chi connectivity index (χ1) is 26.6. The van der Waals surface area contributed by atoms with Crippen molar-refractivity contribution in [1.82, 2.24) is 4.67 Å². The zero-order valence-electron chi connectivity index (χ0n) is 29.0. The second kappa shape index (κ2) is 13.9. The van der Waals surface area contributed by atoms with E-state index in [0.29, 0.717) is 11.7 Å². The van der Waals surface area contributed by atoms with E-state index in [4.69, 9.17) is 19.6 Å². The summed E-state index contributed by atoms with van der Waals surface area (Å²) in [7, 11) is 0. The van der Waals surface area contributed by atoms with Crippen LogP contribution in [0.25, 0.3) is 22.5 Å². The van der Waals surface area contributed by atoms with Gasteiger partial charge in [0.15, 0.2) is 11.6 Å². The van der Waals surface area contributed by atoms with Crippen molar-refractivity contribution >= 4 is 45.9 Å². The Morgan fingerprint density at radius 1 is 0.444 bits per heavy atom. The number of benzene rings is 6. The van der Waals surface area contributed by atoms with E-state index in [1.54, 1.807) is 24.3 Å². The number of aromatic hydroxyl groups is 1. The monoisotopic (exact) mass is 695 g/mol. The van der Waals surface area contributed by atoms with E-state index >= 15 is 0 Å². The van der Waals surface area contributed by atoms with Crippen LogP contribution in [0.3, 0.4) is 0 Å². The van der Waals surface area contributed by atoms with Crippen molar-refractivity contribution in [3.8, 4) is 16.9 Å². The number of nitrogens with zero attached hydrogens (tertiary/aromatic N) is 4. The predicted octanol–water partition coefficient (Wildman–Crippen LogP) is 6.77. The lowest BCUT2D eigenvalue weighted by atomic mass is 9.94. The highest BCUT2D eigenvalue weighted by Crippen LogP contribution is 2.27. The Morgan fingerprint density at radius 3 is 1.46 bits per heavy atom. The number of hydrogen-bond acceptors (Lipinski definition) is 5. The van der Waals surface area contributed by atoms with Gasteiger partial charge in [-0.15, -0.1) is 0 Å². The van der Waals surface area contributed by atoms with E-state index < -0.39 is 0 Å². The summed E-state index contributed by atoms with van der Waals surface area (Å²) < 4.78 is 5.24. The third-order valence-corrected chi connectivity index (χ3v) is 9.49. The van der Waals surface area contributed by atoms with Crippen LogP contribution in [-0.2, 0) is 4.79 Å². The van der Waals surface area contributed by atoms with Gasteiger partial charge in [0.1, 0.15) is 5.75 Å². The molecule has 0 atom stereocenters. The standard InChI is InChI=1S/C48H30N4O2/c53-37-25-21-31(22-26-37)39-30-42(48-51-45(35-17-9-3-10-18-35)46(52-48)36-19-11-4-12-20-36)40(32-23-27-38(54)28-24-32)29-41(39)47-49-43(33-13-5-1-6-14-33)44(50-47)34-15-7-2-8-16-34/h1-30H/p+1. The third-order valence-electron chi connectivity index (χ3n) is 9.49.